The van der Waals surface area contributed by atoms with Crippen LogP contribution >= 0.6 is 0 Å². The molecule has 2 aliphatic heterocycles. The molecule has 0 fully saturated rings. The van der Waals surface area contributed by atoms with E-state index in [1.165, 1.54) is 6.07 Å². The number of hydrogen-bond donors (Lipinski definition) is 1. The van der Waals surface area contributed by atoms with Gasteiger partial charge in [-0.15, -0.1) is 0 Å². The largest absolute Gasteiger partial charge is 0.454 e. The summed E-state index contributed by atoms with van der Waals surface area (Å²) in [6.07, 6.45) is 0. The Hall–Kier alpha value is -2.50. The first-order chi connectivity index (χ1) is 11.1. The van der Waals surface area contributed by atoms with Crippen molar-refractivity contribution in [3.63, 3.8) is 0 Å². The summed E-state index contributed by atoms with van der Waals surface area (Å²) in [5, 5.41) is 3.37. The van der Waals surface area contributed by atoms with Crippen molar-refractivity contribution in [3.8, 4) is 11.5 Å². The van der Waals surface area contributed by atoms with Gasteiger partial charge >= 0.3 is 0 Å². The molecule has 1 atom stereocenters. The molecule has 0 aliphatic carbocycles. The molecule has 6 heteroatoms. The minimum absolute atomic E-state index is 0.205. The van der Waals surface area contributed by atoms with E-state index in [1.54, 1.807) is 6.07 Å². The first kappa shape index (κ1) is 14.1. The van der Waals surface area contributed by atoms with E-state index in [1.807, 2.05) is 12.1 Å². The van der Waals surface area contributed by atoms with Crippen LogP contribution in [0.2, 0.25) is 0 Å². The average Bonchev–Trinajstić information content (AvgIpc) is 2.99. The number of anilines is 2. The van der Waals surface area contributed by atoms with E-state index in [2.05, 4.69) is 17.1 Å². The summed E-state index contributed by atoms with van der Waals surface area (Å²) in [5.74, 6) is -0.226. The second-order valence-corrected chi connectivity index (χ2v) is 5.83. The standard InChI is InChI=1S/C17H16F2N2O2/c1-10-7-20-14-5-16-17(23-9-22-16)6-15(14)21(10)8-11-2-3-12(18)13(19)4-11/h2-6,10,20H,7-9H2,1H3. The Bertz CT molecular complexity index is 766. The van der Waals surface area contributed by atoms with Gasteiger partial charge in [-0.25, -0.2) is 8.78 Å². The SMILES string of the molecule is CC1CNc2cc3c(cc2N1Cc1ccc(F)c(F)c1)OCO3. The lowest BCUT2D eigenvalue weighted by molar-refractivity contribution is 0.174. The number of benzene rings is 2. The van der Waals surface area contributed by atoms with Crippen molar-refractivity contribution in [3.05, 3.63) is 47.5 Å². The fourth-order valence-corrected chi connectivity index (χ4v) is 2.99. The van der Waals surface area contributed by atoms with Crippen molar-refractivity contribution in [1.82, 2.24) is 0 Å². The van der Waals surface area contributed by atoms with Gasteiger partial charge in [-0.3, -0.25) is 0 Å². The number of halogens is 2. The van der Waals surface area contributed by atoms with Crippen molar-refractivity contribution >= 4 is 11.4 Å². The molecule has 1 N–H and O–H groups in total. The molecule has 1 unspecified atom stereocenters. The lowest BCUT2D eigenvalue weighted by atomic mass is 10.1. The lowest BCUT2D eigenvalue weighted by Gasteiger charge is -2.38. The summed E-state index contributed by atoms with van der Waals surface area (Å²) in [4.78, 5) is 2.15. The minimum Gasteiger partial charge on any atom is -0.454 e. The van der Waals surface area contributed by atoms with E-state index in [-0.39, 0.29) is 12.8 Å². The summed E-state index contributed by atoms with van der Waals surface area (Å²) in [6, 6.07) is 8.08. The van der Waals surface area contributed by atoms with Gasteiger partial charge in [-0.1, -0.05) is 6.07 Å². The van der Waals surface area contributed by atoms with Crippen LogP contribution in [-0.4, -0.2) is 19.4 Å². The van der Waals surface area contributed by atoms with Gasteiger partial charge in [0.05, 0.1) is 11.4 Å². The monoisotopic (exact) mass is 318 g/mol. The van der Waals surface area contributed by atoms with Gasteiger partial charge in [0, 0.05) is 31.3 Å². The minimum atomic E-state index is -0.828. The zero-order chi connectivity index (χ0) is 16.0. The normalized spacial score (nSPS) is 18.6. The molecule has 0 radical (unpaired) electrons. The van der Waals surface area contributed by atoms with Crippen LogP contribution in [0.5, 0.6) is 11.5 Å². The molecular formula is C17H16F2N2O2. The first-order valence-corrected chi connectivity index (χ1v) is 7.50. The molecule has 0 spiro atoms. The van der Waals surface area contributed by atoms with Gasteiger partial charge in [-0.2, -0.15) is 0 Å². The van der Waals surface area contributed by atoms with Gasteiger partial charge in [0.2, 0.25) is 6.79 Å². The molecule has 0 amide bonds. The highest BCUT2D eigenvalue weighted by molar-refractivity contribution is 5.77. The molecule has 4 nitrogen and oxygen atoms in total. The fourth-order valence-electron chi connectivity index (χ4n) is 2.99. The highest BCUT2D eigenvalue weighted by Gasteiger charge is 2.27. The lowest BCUT2D eigenvalue weighted by Crippen LogP contribution is -2.41. The predicted molar refractivity (Wildman–Crippen MR) is 83.1 cm³/mol. The number of ether oxygens (including phenoxy) is 2. The molecular weight excluding hydrogens is 302 g/mol. The maximum absolute atomic E-state index is 13.5. The van der Waals surface area contributed by atoms with Crippen LogP contribution in [0.4, 0.5) is 20.2 Å². The van der Waals surface area contributed by atoms with Gasteiger partial charge in [0.1, 0.15) is 0 Å². The van der Waals surface area contributed by atoms with Crippen molar-refractivity contribution in [2.45, 2.75) is 19.5 Å². The van der Waals surface area contributed by atoms with Crippen LogP contribution in [0.15, 0.2) is 30.3 Å². The van der Waals surface area contributed by atoms with Crippen LogP contribution < -0.4 is 19.7 Å². The molecule has 2 aromatic carbocycles. The van der Waals surface area contributed by atoms with Gasteiger partial charge in [-0.05, 0) is 24.6 Å². The van der Waals surface area contributed by atoms with Crippen molar-refractivity contribution in [2.24, 2.45) is 0 Å². The van der Waals surface area contributed by atoms with Crippen molar-refractivity contribution in [1.29, 1.82) is 0 Å². The summed E-state index contributed by atoms with van der Waals surface area (Å²) in [7, 11) is 0. The molecule has 0 saturated carbocycles. The fraction of sp³-hybridized carbons (Fsp3) is 0.294. The van der Waals surface area contributed by atoms with Crippen LogP contribution in [0.3, 0.4) is 0 Å². The van der Waals surface area contributed by atoms with Crippen molar-refractivity contribution < 1.29 is 18.3 Å². The number of rotatable bonds is 2. The highest BCUT2D eigenvalue weighted by atomic mass is 19.2. The van der Waals surface area contributed by atoms with E-state index in [0.717, 1.165) is 35.3 Å². The molecule has 2 aromatic rings. The molecule has 0 saturated heterocycles. The third-order valence-corrected chi connectivity index (χ3v) is 4.26. The molecule has 2 aliphatic rings. The van der Waals surface area contributed by atoms with Gasteiger partial charge in [0.25, 0.3) is 0 Å². The number of hydrogen-bond acceptors (Lipinski definition) is 4. The van der Waals surface area contributed by atoms with E-state index >= 15 is 0 Å². The molecule has 0 bridgehead atoms. The summed E-state index contributed by atoms with van der Waals surface area (Å²) in [6.45, 7) is 3.56. The van der Waals surface area contributed by atoms with E-state index in [4.69, 9.17) is 9.47 Å². The number of nitrogens with zero attached hydrogens (tertiary/aromatic N) is 1. The molecule has 23 heavy (non-hydrogen) atoms. The second-order valence-electron chi connectivity index (χ2n) is 5.83. The quantitative estimate of drug-likeness (QED) is 0.919. The zero-order valence-corrected chi connectivity index (χ0v) is 12.6. The van der Waals surface area contributed by atoms with Crippen LogP contribution in [0.1, 0.15) is 12.5 Å². The van der Waals surface area contributed by atoms with Crippen LogP contribution in [0.25, 0.3) is 0 Å². The van der Waals surface area contributed by atoms with Crippen molar-refractivity contribution in [2.75, 3.05) is 23.6 Å². The third kappa shape index (κ3) is 2.44. The topological polar surface area (TPSA) is 33.7 Å². The zero-order valence-electron chi connectivity index (χ0n) is 12.6. The summed E-state index contributed by atoms with van der Waals surface area (Å²) in [5.41, 5.74) is 2.65. The van der Waals surface area contributed by atoms with Gasteiger partial charge < -0.3 is 19.7 Å². The predicted octanol–water partition coefficient (Wildman–Crippen LogP) is 3.51. The Labute approximate surface area is 132 Å². The highest BCUT2D eigenvalue weighted by Crippen LogP contribution is 2.43. The smallest absolute Gasteiger partial charge is 0.231 e. The number of nitrogens with one attached hydrogen (secondary N) is 1. The first-order valence-electron chi connectivity index (χ1n) is 7.50. The maximum Gasteiger partial charge on any atom is 0.231 e. The molecule has 0 aromatic heterocycles. The average molecular weight is 318 g/mol. The Morgan fingerprint density at radius 3 is 2.70 bits per heavy atom. The Morgan fingerprint density at radius 1 is 1.13 bits per heavy atom. The van der Waals surface area contributed by atoms with Crippen LogP contribution in [-0.2, 0) is 6.54 Å². The second kappa shape index (κ2) is 5.30. The molecule has 120 valence electrons. The Morgan fingerprint density at radius 2 is 1.91 bits per heavy atom. The van der Waals surface area contributed by atoms with Crippen LogP contribution in [0, 0.1) is 11.6 Å². The molecule has 2 heterocycles. The molecule has 4 rings (SSSR count). The summed E-state index contributed by atoms with van der Waals surface area (Å²) >= 11 is 0. The maximum atomic E-state index is 13.5. The van der Waals surface area contributed by atoms with E-state index < -0.39 is 11.6 Å². The Balaban J connectivity index is 1.70. The van der Waals surface area contributed by atoms with Gasteiger partial charge in [0.15, 0.2) is 23.1 Å². The Kier molecular flexibility index (Phi) is 3.25. The summed E-state index contributed by atoms with van der Waals surface area (Å²) < 4.78 is 37.4. The third-order valence-electron chi connectivity index (χ3n) is 4.26. The van der Waals surface area contributed by atoms with E-state index in [0.29, 0.717) is 12.3 Å². The van der Waals surface area contributed by atoms with E-state index in [9.17, 15) is 8.78 Å². The number of fused-ring (bicyclic) bond motifs is 2.